The van der Waals surface area contributed by atoms with E-state index in [-0.39, 0.29) is 12.5 Å². The Morgan fingerprint density at radius 3 is 2.63 bits per heavy atom. The Bertz CT molecular complexity index is 448. The minimum absolute atomic E-state index is 0.0347. The van der Waals surface area contributed by atoms with E-state index in [1.165, 1.54) is 4.90 Å². The van der Waals surface area contributed by atoms with E-state index in [9.17, 15) is 9.59 Å². The molecule has 0 fully saturated rings. The molecule has 104 valence electrons. The van der Waals surface area contributed by atoms with Crippen molar-refractivity contribution in [3.63, 3.8) is 0 Å². The zero-order chi connectivity index (χ0) is 14.3. The lowest BCUT2D eigenvalue weighted by Crippen LogP contribution is -2.37. The molecule has 0 atom stereocenters. The first-order chi connectivity index (χ1) is 9.08. The van der Waals surface area contributed by atoms with Crippen LogP contribution in [0.3, 0.4) is 0 Å². The Morgan fingerprint density at radius 2 is 2.05 bits per heavy atom. The van der Waals surface area contributed by atoms with Gasteiger partial charge in [0.15, 0.2) is 0 Å². The quantitative estimate of drug-likeness (QED) is 0.754. The molecule has 0 saturated carbocycles. The van der Waals surface area contributed by atoms with Crippen molar-refractivity contribution < 1.29 is 14.3 Å². The number of hydrogen-bond donors (Lipinski definition) is 0. The number of carbonyl (C=O) groups is 2. The highest BCUT2D eigenvalue weighted by Gasteiger charge is 2.18. The number of hydrogen-bond acceptors (Lipinski definition) is 3. The van der Waals surface area contributed by atoms with E-state index < -0.39 is 5.97 Å². The molecule has 19 heavy (non-hydrogen) atoms. The molecule has 5 heteroatoms. The first-order valence-corrected chi connectivity index (χ1v) is 6.66. The summed E-state index contributed by atoms with van der Waals surface area (Å²) in [6.45, 7) is 4.46. The molecule has 0 heterocycles. The van der Waals surface area contributed by atoms with Gasteiger partial charge in [-0.2, -0.15) is 0 Å². The van der Waals surface area contributed by atoms with Crippen molar-refractivity contribution in [1.29, 1.82) is 0 Å². The Balaban J connectivity index is 2.80. The third kappa shape index (κ3) is 4.91. The van der Waals surface area contributed by atoms with Crippen LogP contribution in [0.4, 0.5) is 0 Å². The summed E-state index contributed by atoms with van der Waals surface area (Å²) in [4.78, 5) is 25.3. The van der Waals surface area contributed by atoms with Gasteiger partial charge in [-0.05, 0) is 31.5 Å². The van der Waals surface area contributed by atoms with E-state index in [2.05, 4.69) is 0 Å². The number of amides is 1. The molecule has 0 aliphatic heterocycles. The minimum Gasteiger partial charge on any atom is -0.465 e. The van der Waals surface area contributed by atoms with Gasteiger partial charge in [0.1, 0.15) is 6.54 Å². The van der Waals surface area contributed by atoms with Crippen molar-refractivity contribution in [2.75, 3.05) is 19.7 Å². The van der Waals surface area contributed by atoms with Crippen molar-refractivity contribution in [2.24, 2.45) is 0 Å². The SMILES string of the molecule is CCCN(CC(=O)OCC)C(=O)c1cccc(Cl)c1. The van der Waals surface area contributed by atoms with Crippen LogP contribution in [-0.2, 0) is 9.53 Å². The summed E-state index contributed by atoms with van der Waals surface area (Å²) in [5, 5.41) is 0.499. The highest BCUT2D eigenvalue weighted by molar-refractivity contribution is 6.30. The third-order valence-corrected chi connectivity index (χ3v) is 2.71. The van der Waals surface area contributed by atoms with Gasteiger partial charge in [0.05, 0.1) is 6.61 Å². The smallest absolute Gasteiger partial charge is 0.325 e. The zero-order valence-electron chi connectivity index (χ0n) is 11.2. The van der Waals surface area contributed by atoms with E-state index in [4.69, 9.17) is 16.3 Å². The van der Waals surface area contributed by atoms with E-state index in [1.807, 2.05) is 6.92 Å². The molecule has 0 aliphatic carbocycles. The van der Waals surface area contributed by atoms with Crippen LogP contribution in [0, 0.1) is 0 Å². The summed E-state index contributed by atoms with van der Waals surface area (Å²) < 4.78 is 4.87. The zero-order valence-corrected chi connectivity index (χ0v) is 11.9. The molecule has 4 nitrogen and oxygen atoms in total. The number of benzene rings is 1. The number of nitrogens with zero attached hydrogens (tertiary/aromatic N) is 1. The van der Waals surface area contributed by atoms with Crippen LogP contribution in [-0.4, -0.2) is 36.5 Å². The summed E-state index contributed by atoms with van der Waals surface area (Å²) in [7, 11) is 0. The third-order valence-electron chi connectivity index (χ3n) is 2.48. The Morgan fingerprint density at radius 1 is 1.32 bits per heavy atom. The van der Waals surface area contributed by atoms with Crippen LogP contribution in [0.1, 0.15) is 30.6 Å². The average molecular weight is 284 g/mol. The van der Waals surface area contributed by atoms with Gasteiger partial charge in [0.2, 0.25) is 0 Å². The fraction of sp³-hybridized carbons (Fsp3) is 0.429. The average Bonchev–Trinajstić information content (AvgIpc) is 2.37. The molecule has 1 aromatic carbocycles. The predicted octanol–water partition coefficient (Wildman–Crippen LogP) is 2.76. The molecule has 0 aromatic heterocycles. The van der Waals surface area contributed by atoms with Gasteiger partial charge in [-0.3, -0.25) is 9.59 Å². The van der Waals surface area contributed by atoms with E-state index >= 15 is 0 Å². The summed E-state index contributed by atoms with van der Waals surface area (Å²) >= 11 is 5.86. The summed E-state index contributed by atoms with van der Waals surface area (Å²) in [6.07, 6.45) is 0.770. The van der Waals surface area contributed by atoms with E-state index in [0.29, 0.717) is 23.7 Å². The highest BCUT2D eigenvalue weighted by Crippen LogP contribution is 2.13. The van der Waals surface area contributed by atoms with Crippen molar-refractivity contribution in [3.05, 3.63) is 34.9 Å². The molecule has 0 N–H and O–H groups in total. The van der Waals surface area contributed by atoms with Crippen LogP contribution in [0.15, 0.2) is 24.3 Å². The molecule has 0 unspecified atom stereocenters. The van der Waals surface area contributed by atoms with Crippen LogP contribution in [0.2, 0.25) is 5.02 Å². The van der Waals surface area contributed by atoms with Crippen molar-refractivity contribution in [1.82, 2.24) is 4.90 Å². The van der Waals surface area contributed by atoms with Gasteiger partial charge in [0.25, 0.3) is 5.91 Å². The topological polar surface area (TPSA) is 46.6 Å². The Kier molecular flexibility index (Phi) is 6.36. The lowest BCUT2D eigenvalue weighted by Gasteiger charge is -2.21. The molecule has 0 spiro atoms. The van der Waals surface area contributed by atoms with Gasteiger partial charge in [-0.1, -0.05) is 24.6 Å². The Hall–Kier alpha value is -1.55. The van der Waals surface area contributed by atoms with Crippen LogP contribution in [0.5, 0.6) is 0 Å². The second-order valence-corrected chi connectivity index (χ2v) is 4.48. The maximum Gasteiger partial charge on any atom is 0.325 e. The summed E-state index contributed by atoms with van der Waals surface area (Å²) in [5.74, 6) is -0.608. The fourth-order valence-electron chi connectivity index (χ4n) is 1.69. The van der Waals surface area contributed by atoms with E-state index in [0.717, 1.165) is 6.42 Å². The van der Waals surface area contributed by atoms with Gasteiger partial charge in [-0.25, -0.2) is 0 Å². The fourth-order valence-corrected chi connectivity index (χ4v) is 1.88. The number of rotatable bonds is 6. The molecule has 1 rings (SSSR count). The lowest BCUT2D eigenvalue weighted by atomic mass is 10.2. The second-order valence-electron chi connectivity index (χ2n) is 4.04. The first kappa shape index (κ1) is 15.5. The molecular formula is C14H18ClNO3. The number of ether oxygens (including phenoxy) is 1. The lowest BCUT2D eigenvalue weighted by molar-refractivity contribution is -0.143. The second kappa shape index (κ2) is 7.79. The monoisotopic (exact) mass is 283 g/mol. The summed E-state index contributed by atoms with van der Waals surface area (Å²) in [5.41, 5.74) is 0.477. The maximum atomic E-state index is 12.3. The molecule has 0 aliphatic rings. The molecule has 0 bridgehead atoms. The standard InChI is InChI=1S/C14H18ClNO3/c1-3-8-16(10-13(17)19-4-2)14(18)11-6-5-7-12(15)9-11/h5-7,9H,3-4,8,10H2,1-2H3. The molecule has 0 radical (unpaired) electrons. The van der Waals surface area contributed by atoms with Gasteiger partial charge in [-0.15, -0.1) is 0 Å². The van der Waals surface area contributed by atoms with Crippen LogP contribution in [0.25, 0.3) is 0 Å². The maximum absolute atomic E-state index is 12.3. The predicted molar refractivity (Wildman–Crippen MR) is 74.3 cm³/mol. The molecule has 1 amide bonds. The number of esters is 1. The highest BCUT2D eigenvalue weighted by atomic mass is 35.5. The van der Waals surface area contributed by atoms with Gasteiger partial charge >= 0.3 is 5.97 Å². The normalized spacial score (nSPS) is 10.1. The first-order valence-electron chi connectivity index (χ1n) is 6.29. The van der Waals surface area contributed by atoms with Gasteiger partial charge in [0, 0.05) is 17.1 Å². The number of carbonyl (C=O) groups excluding carboxylic acids is 2. The molecule has 1 aromatic rings. The minimum atomic E-state index is -0.397. The molecule has 0 saturated heterocycles. The largest absolute Gasteiger partial charge is 0.465 e. The van der Waals surface area contributed by atoms with Crippen molar-refractivity contribution >= 4 is 23.5 Å². The van der Waals surface area contributed by atoms with Gasteiger partial charge < -0.3 is 9.64 Å². The van der Waals surface area contributed by atoms with Crippen LogP contribution < -0.4 is 0 Å². The van der Waals surface area contributed by atoms with Crippen LogP contribution >= 0.6 is 11.6 Å². The molecular weight excluding hydrogens is 266 g/mol. The Labute approximate surface area is 118 Å². The number of halogens is 1. The van der Waals surface area contributed by atoms with Crippen molar-refractivity contribution in [3.8, 4) is 0 Å². The van der Waals surface area contributed by atoms with E-state index in [1.54, 1.807) is 31.2 Å². The van der Waals surface area contributed by atoms with Crippen molar-refractivity contribution in [2.45, 2.75) is 20.3 Å². The summed E-state index contributed by atoms with van der Waals surface area (Å²) in [6, 6.07) is 6.69.